The van der Waals surface area contributed by atoms with Gasteiger partial charge in [0.25, 0.3) is 5.91 Å². The summed E-state index contributed by atoms with van der Waals surface area (Å²) in [7, 11) is 2.82. The minimum absolute atomic E-state index is 0.0329. The van der Waals surface area contributed by atoms with Crippen LogP contribution in [0.25, 0.3) is 17.1 Å². The van der Waals surface area contributed by atoms with Gasteiger partial charge in [0.1, 0.15) is 11.4 Å². The normalized spacial score (nSPS) is 10.9. The lowest BCUT2D eigenvalue weighted by Crippen LogP contribution is -2.19. The molecule has 0 aliphatic heterocycles. The van der Waals surface area contributed by atoms with Crippen molar-refractivity contribution >= 4 is 23.9 Å². The molecule has 0 fully saturated rings. The molecule has 13 heteroatoms. The number of aromatic nitrogens is 5. The highest BCUT2D eigenvalue weighted by molar-refractivity contribution is 5.99. The zero-order chi connectivity index (χ0) is 24.1. The van der Waals surface area contributed by atoms with Crippen molar-refractivity contribution in [1.82, 2.24) is 30.7 Å². The lowest BCUT2D eigenvalue weighted by molar-refractivity contribution is 0.0600. The first-order valence-corrected chi connectivity index (χ1v) is 9.72. The summed E-state index contributed by atoms with van der Waals surface area (Å²) in [4.78, 5) is 24.4. The molecule has 13 nitrogen and oxygen atoms in total. The monoisotopic (exact) mass is 462 g/mol. The van der Waals surface area contributed by atoms with Gasteiger partial charge in [-0.05, 0) is 40.1 Å². The molecule has 4 rings (SSSR count). The van der Waals surface area contributed by atoms with E-state index in [-0.39, 0.29) is 23.0 Å². The van der Waals surface area contributed by atoms with Crippen LogP contribution in [-0.4, -0.2) is 57.6 Å². The van der Waals surface area contributed by atoms with Gasteiger partial charge in [0, 0.05) is 5.56 Å². The number of amides is 1. The van der Waals surface area contributed by atoms with E-state index in [2.05, 4.69) is 40.5 Å². The van der Waals surface area contributed by atoms with E-state index in [0.29, 0.717) is 22.4 Å². The first-order chi connectivity index (χ1) is 16.5. The lowest BCUT2D eigenvalue weighted by Gasteiger charge is -2.07. The number of hydrogen-bond donors (Lipinski definition) is 2. The number of carbonyl (C=O) groups excluding carboxylic acids is 2. The topological polar surface area (TPSA) is 173 Å². The number of nitrogens with two attached hydrogens (primary N) is 1. The molecule has 3 N–H and O–H groups in total. The number of hydrazone groups is 1. The van der Waals surface area contributed by atoms with E-state index >= 15 is 0 Å². The summed E-state index contributed by atoms with van der Waals surface area (Å²) in [6, 6.07) is 13.4. The van der Waals surface area contributed by atoms with Gasteiger partial charge in [-0.2, -0.15) is 9.78 Å². The van der Waals surface area contributed by atoms with Gasteiger partial charge in [-0.3, -0.25) is 4.79 Å². The Hall–Kier alpha value is -5.07. The van der Waals surface area contributed by atoms with Crippen molar-refractivity contribution in [2.75, 3.05) is 20.0 Å². The van der Waals surface area contributed by atoms with Crippen LogP contribution < -0.4 is 15.9 Å². The number of methoxy groups -OCH3 is 2. The summed E-state index contributed by atoms with van der Waals surface area (Å²) in [6.07, 6.45) is 1.41. The molecule has 0 radical (unpaired) electrons. The molecule has 2 heterocycles. The number of nitrogens with one attached hydrogen (secondary N) is 1. The number of esters is 1. The summed E-state index contributed by atoms with van der Waals surface area (Å²) in [5, 5.41) is 19.2. The molecular weight excluding hydrogens is 444 g/mol. The van der Waals surface area contributed by atoms with Gasteiger partial charge in [-0.15, -0.1) is 5.10 Å². The van der Waals surface area contributed by atoms with Crippen LogP contribution in [0.15, 0.2) is 58.3 Å². The zero-order valence-electron chi connectivity index (χ0n) is 18.0. The minimum atomic E-state index is -0.637. The van der Waals surface area contributed by atoms with Crippen molar-refractivity contribution < 1.29 is 23.7 Å². The maximum atomic E-state index is 12.9. The van der Waals surface area contributed by atoms with Gasteiger partial charge < -0.3 is 15.2 Å². The molecule has 2 aromatic carbocycles. The van der Waals surface area contributed by atoms with E-state index in [1.54, 1.807) is 48.5 Å². The fraction of sp³-hybridized carbons (Fsp3) is 0.0952. The number of anilines is 1. The Labute approximate surface area is 192 Å². The molecule has 0 atom stereocenters. The number of nitrogen functional groups attached to an aromatic ring is 1. The van der Waals surface area contributed by atoms with Crippen LogP contribution in [0.1, 0.15) is 26.4 Å². The lowest BCUT2D eigenvalue weighted by atomic mass is 10.1. The van der Waals surface area contributed by atoms with Gasteiger partial charge in [0.05, 0.1) is 26.0 Å². The summed E-state index contributed by atoms with van der Waals surface area (Å²) in [6.45, 7) is 0. The van der Waals surface area contributed by atoms with Gasteiger partial charge >= 0.3 is 5.97 Å². The number of hydrogen-bond acceptors (Lipinski definition) is 11. The second-order valence-electron chi connectivity index (χ2n) is 6.72. The molecule has 172 valence electrons. The van der Waals surface area contributed by atoms with Crippen molar-refractivity contribution in [2.45, 2.75) is 0 Å². The predicted octanol–water partition coefficient (Wildman–Crippen LogP) is 1.46. The Morgan fingerprint density at radius 2 is 1.94 bits per heavy atom. The molecule has 1 amide bonds. The molecule has 4 aromatic rings. The van der Waals surface area contributed by atoms with Crippen LogP contribution >= 0.6 is 0 Å². The highest BCUT2D eigenvalue weighted by Crippen LogP contribution is 2.28. The maximum Gasteiger partial charge on any atom is 0.337 e. The Kier molecular flexibility index (Phi) is 6.25. The van der Waals surface area contributed by atoms with Crippen LogP contribution in [0, 0.1) is 0 Å². The molecule has 0 bridgehead atoms. The van der Waals surface area contributed by atoms with E-state index < -0.39 is 11.9 Å². The highest BCUT2D eigenvalue weighted by Gasteiger charge is 2.25. The van der Waals surface area contributed by atoms with Crippen LogP contribution in [0.5, 0.6) is 5.75 Å². The van der Waals surface area contributed by atoms with Crippen LogP contribution in [0.3, 0.4) is 0 Å². The smallest absolute Gasteiger partial charge is 0.337 e. The van der Waals surface area contributed by atoms with E-state index in [1.165, 1.54) is 25.1 Å². The Balaban J connectivity index is 1.62. The highest BCUT2D eigenvalue weighted by atomic mass is 16.6. The Morgan fingerprint density at radius 1 is 1.15 bits per heavy atom. The average Bonchev–Trinajstić information content (AvgIpc) is 3.50. The van der Waals surface area contributed by atoms with E-state index in [4.69, 9.17) is 10.5 Å². The van der Waals surface area contributed by atoms with Gasteiger partial charge in [-0.1, -0.05) is 29.5 Å². The molecule has 0 aliphatic rings. The fourth-order valence-electron chi connectivity index (χ4n) is 2.99. The molecular formula is C21H18N8O5. The summed E-state index contributed by atoms with van der Waals surface area (Å²) >= 11 is 0. The first kappa shape index (κ1) is 22.1. The number of carbonyl (C=O) groups is 2. The van der Waals surface area contributed by atoms with Crippen molar-refractivity contribution in [2.24, 2.45) is 5.10 Å². The van der Waals surface area contributed by atoms with Crippen LogP contribution in [0.2, 0.25) is 0 Å². The number of nitrogens with zero attached hydrogens (tertiary/aromatic N) is 6. The Morgan fingerprint density at radius 3 is 2.62 bits per heavy atom. The standard InChI is InChI=1S/C21H18N8O5/c1-32-15-5-3-4-14(10-15)17-16(24-28-29(17)19-18(22)26-34-27-19)20(30)25-23-11-12-6-8-13(9-7-12)21(31)33-2/h3-11H,1-2H3,(H2,22,26)(H,25,30)/b23-11-. The molecule has 0 spiro atoms. The average molecular weight is 462 g/mol. The first-order valence-electron chi connectivity index (χ1n) is 9.72. The second-order valence-corrected chi connectivity index (χ2v) is 6.72. The van der Waals surface area contributed by atoms with Gasteiger partial charge in [0.15, 0.2) is 5.69 Å². The van der Waals surface area contributed by atoms with Gasteiger partial charge in [0.2, 0.25) is 11.6 Å². The quantitative estimate of drug-likeness (QED) is 0.232. The molecule has 34 heavy (non-hydrogen) atoms. The largest absolute Gasteiger partial charge is 0.497 e. The van der Waals surface area contributed by atoms with Crippen molar-refractivity contribution in [3.8, 4) is 22.8 Å². The second kappa shape index (κ2) is 9.60. The molecule has 0 saturated heterocycles. The third-order valence-corrected chi connectivity index (χ3v) is 4.64. The third-order valence-electron chi connectivity index (χ3n) is 4.64. The molecule has 0 unspecified atom stereocenters. The van der Waals surface area contributed by atoms with E-state index in [9.17, 15) is 9.59 Å². The SMILES string of the molecule is COC(=O)c1ccc(/C=N\NC(=O)c2nnn(-c3nonc3N)c2-c2cccc(OC)c2)cc1. The molecule has 0 aliphatic carbocycles. The van der Waals surface area contributed by atoms with Crippen LogP contribution in [0.4, 0.5) is 5.82 Å². The third kappa shape index (κ3) is 4.43. The minimum Gasteiger partial charge on any atom is -0.497 e. The van der Waals surface area contributed by atoms with Crippen LogP contribution in [-0.2, 0) is 4.74 Å². The van der Waals surface area contributed by atoms with Gasteiger partial charge in [-0.25, -0.2) is 14.8 Å². The fourth-order valence-corrected chi connectivity index (χ4v) is 2.99. The molecule has 2 aromatic heterocycles. The number of rotatable bonds is 7. The number of benzene rings is 2. The van der Waals surface area contributed by atoms with Crippen molar-refractivity contribution in [3.05, 3.63) is 65.4 Å². The van der Waals surface area contributed by atoms with Crippen molar-refractivity contribution in [3.63, 3.8) is 0 Å². The summed E-state index contributed by atoms with van der Waals surface area (Å²) in [5.41, 5.74) is 10.0. The zero-order valence-corrected chi connectivity index (χ0v) is 18.0. The van der Waals surface area contributed by atoms with E-state index in [0.717, 1.165) is 0 Å². The van der Waals surface area contributed by atoms with Crippen molar-refractivity contribution in [1.29, 1.82) is 0 Å². The molecule has 0 saturated carbocycles. The predicted molar refractivity (Wildman–Crippen MR) is 118 cm³/mol. The maximum absolute atomic E-state index is 12.9. The Bertz CT molecular complexity index is 1360. The summed E-state index contributed by atoms with van der Waals surface area (Å²) in [5.74, 6) is -0.501. The van der Waals surface area contributed by atoms with E-state index in [1.807, 2.05) is 0 Å². The summed E-state index contributed by atoms with van der Waals surface area (Å²) < 4.78 is 15.8. The number of ether oxygens (including phenoxy) is 2.